The monoisotopic (exact) mass is 363 g/mol. The van der Waals surface area contributed by atoms with E-state index in [0.717, 1.165) is 23.1 Å². The molecule has 0 saturated heterocycles. The minimum atomic E-state index is 0.0771. The van der Waals surface area contributed by atoms with E-state index in [0.29, 0.717) is 5.25 Å². The van der Waals surface area contributed by atoms with Gasteiger partial charge in [-0.1, -0.05) is 22.0 Å². The number of ether oxygens (including phenoxy) is 1. The second-order valence-corrected chi connectivity index (χ2v) is 7.47. The van der Waals surface area contributed by atoms with Gasteiger partial charge in [0.2, 0.25) is 0 Å². The molecule has 4 heteroatoms. The van der Waals surface area contributed by atoms with Crippen molar-refractivity contribution in [1.82, 2.24) is 0 Å². The number of halogens is 1. The zero-order valence-electron chi connectivity index (χ0n) is 11.9. The van der Waals surface area contributed by atoms with Crippen molar-refractivity contribution in [2.75, 3.05) is 7.11 Å². The summed E-state index contributed by atoms with van der Waals surface area (Å²) in [5.41, 5.74) is 9.08. The van der Waals surface area contributed by atoms with Crippen molar-refractivity contribution in [3.63, 3.8) is 0 Å². The fourth-order valence-corrected chi connectivity index (χ4v) is 4.18. The van der Waals surface area contributed by atoms with Gasteiger partial charge in [-0.15, -0.1) is 11.8 Å². The molecule has 110 valence electrons. The highest BCUT2D eigenvalue weighted by molar-refractivity contribution is 9.10. The van der Waals surface area contributed by atoms with Gasteiger partial charge in [0.15, 0.2) is 0 Å². The lowest BCUT2D eigenvalue weighted by Crippen LogP contribution is -2.29. The average molecular weight is 364 g/mol. The molecule has 2 aromatic rings. The molecular weight excluding hydrogens is 346 g/mol. The van der Waals surface area contributed by atoms with Crippen LogP contribution in [0.2, 0.25) is 0 Å². The number of hydrogen-bond acceptors (Lipinski definition) is 3. The van der Waals surface area contributed by atoms with Crippen LogP contribution < -0.4 is 10.5 Å². The van der Waals surface area contributed by atoms with Crippen LogP contribution in [0.3, 0.4) is 0 Å². The second-order valence-electron chi connectivity index (χ2n) is 5.24. The topological polar surface area (TPSA) is 35.2 Å². The van der Waals surface area contributed by atoms with Crippen LogP contribution in [0.5, 0.6) is 5.75 Å². The molecule has 0 bridgehead atoms. The number of rotatable bonds is 3. The van der Waals surface area contributed by atoms with E-state index in [-0.39, 0.29) is 6.04 Å². The Kier molecular flexibility index (Phi) is 4.57. The number of hydrogen-bond donors (Lipinski definition) is 1. The number of benzene rings is 2. The minimum absolute atomic E-state index is 0.0771. The maximum Gasteiger partial charge on any atom is 0.119 e. The fourth-order valence-electron chi connectivity index (χ4n) is 2.75. The Balaban J connectivity index is 1.78. The first-order valence-corrected chi connectivity index (χ1v) is 8.69. The van der Waals surface area contributed by atoms with E-state index < -0.39 is 0 Å². The maximum absolute atomic E-state index is 6.49. The van der Waals surface area contributed by atoms with Crippen LogP contribution in [0, 0.1) is 0 Å². The average Bonchev–Trinajstić information content (AvgIpc) is 2.52. The Morgan fingerprint density at radius 2 is 1.95 bits per heavy atom. The van der Waals surface area contributed by atoms with E-state index in [9.17, 15) is 0 Å². The van der Waals surface area contributed by atoms with E-state index >= 15 is 0 Å². The summed E-state index contributed by atoms with van der Waals surface area (Å²) in [5.74, 6) is 0.917. The Morgan fingerprint density at radius 1 is 1.19 bits per heavy atom. The number of nitrogens with two attached hydrogens (primary N) is 1. The quantitative estimate of drug-likeness (QED) is 0.867. The standard InChI is InChI=1S/C17H18BrNOS/c1-20-13-5-8-15-11(10-13)2-9-16(17(15)19)21-14-6-3-12(18)4-7-14/h3-8,10,16-17H,2,9,19H2,1H3. The molecule has 0 spiro atoms. The van der Waals surface area contributed by atoms with Crippen molar-refractivity contribution in [1.29, 1.82) is 0 Å². The first kappa shape index (κ1) is 14.9. The van der Waals surface area contributed by atoms with Gasteiger partial charge in [0, 0.05) is 20.7 Å². The summed E-state index contributed by atoms with van der Waals surface area (Å²) in [5, 5.41) is 0.423. The third kappa shape index (κ3) is 3.28. The molecule has 0 aliphatic heterocycles. The first-order valence-electron chi connectivity index (χ1n) is 7.02. The van der Waals surface area contributed by atoms with Gasteiger partial charge < -0.3 is 10.5 Å². The first-order chi connectivity index (χ1) is 10.2. The molecule has 1 aliphatic carbocycles. The van der Waals surface area contributed by atoms with Gasteiger partial charge in [-0.05, 0) is 60.4 Å². The Labute approximate surface area is 138 Å². The third-order valence-electron chi connectivity index (χ3n) is 3.91. The van der Waals surface area contributed by atoms with Crippen LogP contribution in [-0.2, 0) is 6.42 Å². The van der Waals surface area contributed by atoms with Crippen molar-refractivity contribution in [2.45, 2.75) is 29.0 Å². The van der Waals surface area contributed by atoms with Crippen molar-refractivity contribution < 1.29 is 4.74 Å². The summed E-state index contributed by atoms with van der Waals surface area (Å²) in [6, 6.07) is 14.8. The summed E-state index contributed by atoms with van der Waals surface area (Å²) >= 11 is 5.35. The van der Waals surface area contributed by atoms with E-state index in [2.05, 4.69) is 52.3 Å². The molecule has 1 aliphatic rings. The highest BCUT2D eigenvalue weighted by atomic mass is 79.9. The largest absolute Gasteiger partial charge is 0.497 e. The molecule has 2 aromatic carbocycles. The molecule has 0 fully saturated rings. The second kappa shape index (κ2) is 6.42. The van der Waals surface area contributed by atoms with Crippen molar-refractivity contribution in [3.05, 3.63) is 58.1 Å². The number of methoxy groups -OCH3 is 1. The van der Waals surface area contributed by atoms with Crippen LogP contribution in [0.4, 0.5) is 0 Å². The minimum Gasteiger partial charge on any atom is -0.497 e. The molecule has 2 atom stereocenters. The summed E-state index contributed by atoms with van der Waals surface area (Å²) in [6.45, 7) is 0. The molecular formula is C17H18BrNOS. The van der Waals surface area contributed by atoms with E-state index in [4.69, 9.17) is 10.5 Å². The number of fused-ring (bicyclic) bond motifs is 1. The lowest BCUT2D eigenvalue weighted by atomic mass is 9.87. The molecule has 2 N–H and O–H groups in total. The zero-order chi connectivity index (χ0) is 14.8. The molecule has 0 saturated carbocycles. The molecule has 2 nitrogen and oxygen atoms in total. The lowest BCUT2D eigenvalue weighted by molar-refractivity contribution is 0.413. The zero-order valence-corrected chi connectivity index (χ0v) is 14.3. The number of aryl methyl sites for hydroxylation is 1. The third-order valence-corrected chi connectivity index (χ3v) is 5.81. The van der Waals surface area contributed by atoms with Crippen molar-refractivity contribution >= 4 is 27.7 Å². The predicted octanol–water partition coefficient (Wildman–Crippen LogP) is 4.56. The van der Waals surface area contributed by atoms with Crippen LogP contribution >= 0.6 is 27.7 Å². The highest BCUT2D eigenvalue weighted by Crippen LogP contribution is 2.40. The Morgan fingerprint density at radius 3 is 2.67 bits per heavy atom. The van der Waals surface area contributed by atoms with Gasteiger partial charge in [0.05, 0.1) is 7.11 Å². The van der Waals surface area contributed by atoms with Crippen LogP contribution in [0.1, 0.15) is 23.6 Å². The maximum atomic E-state index is 6.49. The van der Waals surface area contributed by atoms with Gasteiger partial charge in [0.1, 0.15) is 5.75 Å². The molecule has 0 aromatic heterocycles. The molecule has 2 unspecified atom stereocenters. The molecule has 0 amide bonds. The number of thioether (sulfide) groups is 1. The smallest absolute Gasteiger partial charge is 0.119 e. The van der Waals surface area contributed by atoms with E-state index in [1.165, 1.54) is 16.0 Å². The SMILES string of the molecule is COc1ccc2c(c1)CCC(Sc1ccc(Br)cc1)C2N. The Hall–Kier alpha value is -0.970. The van der Waals surface area contributed by atoms with Gasteiger partial charge in [-0.25, -0.2) is 0 Å². The van der Waals surface area contributed by atoms with E-state index in [1.807, 2.05) is 17.8 Å². The highest BCUT2D eigenvalue weighted by Gasteiger charge is 2.27. The van der Waals surface area contributed by atoms with Gasteiger partial charge >= 0.3 is 0 Å². The Bertz CT molecular complexity index is 629. The summed E-state index contributed by atoms with van der Waals surface area (Å²) in [4.78, 5) is 1.27. The van der Waals surface area contributed by atoms with Crippen molar-refractivity contribution in [3.8, 4) is 5.75 Å². The molecule has 21 heavy (non-hydrogen) atoms. The van der Waals surface area contributed by atoms with Gasteiger partial charge in [-0.2, -0.15) is 0 Å². The summed E-state index contributed by atoms with van der Waals surface area (Å²) in [7, 11) is 1.71. The lowest BCUT2D eigenvalue weighted by Gasteiger charge is -2.31. The summed E-state index contributed by atoms with van der Waals surface area (Å²) in [6.07, 6.45) is 2.16. The normalized spacial score (nSPS) is 20.9. The van der Waals surface area contributed by atoms with Crippen LogP contribution in [-0.4, -0.2) is 12.4 Å². The predicted molar refractivity (Wildman–Crippen MR) is 92.0 cm³/mol. The molecule has 0 radical (unpaired) electrons. The fraction of sp³-hybridized carbons (Fsp3) is 0.294. The van der Waals surface area contributed by atoms with Crippen molar-refractivity contribution in [2.24, 2.45) is 5.73 Å². The van der Waals surface area contributed by atoms with Crippen LogP contribution in [0.15, 0.2) is 51.8 Å². The van der Waals surface area contributed by atoms with Gasteiger partial charge in [-0.3, -0.25) is 0 Å². The van der Waals surface area contributed by atoms with E-state index in [1.54, 1.807) is 7.11 Å². The summed E-state index contributed by atoms with van der Waals surface area (Å²) < 4.78 is 6.41. The molecule has 3 rings (SSSR count). The van der Waals surface area contributed by atoms with Crippen LogP contribution in [0.25, 0.3) is 0 Å². The van der Waals surface area contributed by atoms with Gasteiger partial charge in [0.25, 0.3) is 0 Å². The molecule has 0 heterocycles.